The fraction of sp³-hybridized carbons (Fsp3) is 0.100. The maximum atomic E-state index is 11.9. The van der Waals surface area contributed by atoms with Crippen LogP contribution >= 0.6 is 0 Å². The van der Waals surface area contributed by atoms with E-state index in [-0.39, 0.29) is 17.7 Å². The standard InChI is InChI=1S/C20H17NO5/c1-26-17(23)11-13(10-12-6-8-14(22)9-7-12)19-18(20(24)25)15-4-2-3-5-16(15)21-19/h2-10,21-22H,11H2,1H3,(H,24,25)/b13-10-. The summed E-state index contributed by atoms with van der Waals surface area (Å²) >= 11 is 0. The van der Waals surface area contributed by atoms with E-state index in [4.69, 9.17) is 4.74 Å². The number of aromatic hydroxyl groups is 1. The molecule has 132 valence electrons. The van der Waals surface area contributed by atoms with Gasteiger partial charge in [-0.3, -0.25) is 4.79 Å². The first-order valence-corrected chi connectivity index (χ1v) is 7.90. The molecule has 2 aromatic carbocycles. The lowest BCUT2D eigenvalue weighted by Gasteiger charge is -2.07. The zero-order valence-electron chi connectivity index (χ0n) is 14.0. The molecule has 6 nitrogen and oxygen atoms in total. The molecule has 3 aromatic rings. The van der Waals surface area contributed by atoms with Gasteiger partial charge in [0.1, 0.15) is 5.75 Å². The maximum absolute atomic E-state index is 11.9. The SMILES string of the molecule is COC(=O)C/C(=C/c1ccc(O)cc1)c1[nH]c2ccccc2c1C(=O)O. The molecule has 3 rings (SSSR count). The minimum atomic E-state index is -1.08. The summed E-state index contributed by atoms with van der Waals surface area (Å²) < 4.78 is 4.75. The number of fused-ring (bicyclic) bond motifs is 1. The Morgan fingerprint density at radius 2 is 1.81 bits per heavy atom. The molecule has 0 aliphatic heterocycles. The van der Waals surface area contributed by atoms with Crippen molar-refractivity contribution < 1.29 is 24.5 Å². The average molecular weight is 351 g/mol. The van der Waals surface area contributed by atoms with E-state index in [9.17, 15) is 19.8 Å². The number of phenolic OH excluding ortho intramolecular Hbond substituents is 1. The minimum Gasteiger partial charge on any atom is -0.508 e. The number of H-pyrrole nitrogens is 1. The number of ether oxygens (including phenoxy) is 1. The predicted molar refractivity (Wildman–Crippen MR) is 97.9 cm³/mol. The number of para-hydroxylation sites is 1. The van der Waals surface area contributed by atoms with Gasteiger partial charge < -0.3 is 19.9 Å². The first kappa shape index (κ1) is 17.3. The van der Waals surface area contributed by atoms with Gasteiger partial charge in [-0.05, 0) is 35.4 Å². The highest BCUT2D eigenvalue weighted by Gasteiger charge is 2.22. The van der Waals surface area contributed by atoms with Gasteiger partial charge >= 0.3 is 11.9 Å². The molecule has 26 heavy (non-hydrogen) atoms. The van der Waals surface area contributed by atoms with Crippen molar-refractivity contribution in [3.8, 4) is 5.75 Å². The van der Waals surface area contributed by atoms with Crippen LogP contribution in [-0.4, -0.2) is 34.2 Å². The minimum absolute atomic E-state index is 0.0928. The van der Waals surface area contributed by atoms with E-state index in [1.54, 1.807) is 42.5 Å². The molecular formula is C20H17NO5. The summed E-state index contributed by atoms with van der Waals surface area (Å²) in [5.74, 6) is -1.45. The number of benzene rings is 2. The lowest BCUT2D eigenvalue weighted by molar-refractivity contribution is -0.139. The fourth-order valence-corrected chi connectivity index (χ4v) is 2.82. The van der Waals surface area contributed by atoms with Gasteiger partial charge in [0.05, 0.1) is 24.8 Å². The van der Waals surface area contributed by atoms with Crippen molar-refractivity contribution in [1.82, 2.24) is 4.98 Å². The van der Waals surface area contributed by atoms with E-state index in [0.717, 1.165) is 5.56 Å². The summed E-state index contributed by atoms with van der Waals surface area (Å²) in [5, 5.41) is 19.7. The smallest absolute Gasteiger partial charge is 0.338 e. The third-order valence-corrected chi connectivity index (χ3v) is 4.04. The van der Waals surface area contributed by atoms with Crippen LogP contribution in [0.25, 0.3) is 22.6 Å². The Labute approximate surface area is 149 Å². The molecule has 0 aliphatic rings. The van der Waals surface area contributed by atoms with Crippen LogP contribution < -0.4 is 0 Å². The van der Waals surface area contributed by atoms with Crippen LogP contribution in [0, 0.1) is 0 Å². The van der Waals surface area contributed by atoms with E-state index in [1.807, 2.05) is 0 Å². The predicted octanol–water partition coefficient (Wildman–Crippen LogP) is 3.68. The topological polar surface area (TPSA) is 99.6 Å². The molecule has 0 atom stereocenters. The highest BCUT2D eigenvalue weighted by atomic mass is 16.5. The molecular weight excluding hydrogens is 334 g/mol. The van der Waals surface area contributed by atoms with E-state index in [2.05, 4.69) is 4.98 Å². The van der Waals surface area contributed by atoms with Crippen molar-refractivity contribution in [2.24, 2.45) is 0 Å². The highest BCUT2D eigenvalue weighted by Crippen LogP contribution is 2.31. The van der Waals surface area contributed by atoms with Crippen molar-refractivity contribution >= 4 is 34.5 Å². The molecule has 0 saturated heterocycles. The Morgan fingerprint density at radius 1 is 1.12 bits per heavy atom. The normalized spacial score (nSPS) is 11.5. The van der Waals surface area contributed by atoms with Gasteiger partial charge in [0, 0.05) is 10.9 Å². The number of carbonyl (C=O) groups excluding carboxylic acids is 1. The monoisotopic (exact) mass is 351 g/mol. The Bertz CT molecular complexity index is 999. The number of nitrogens with one attached hydrogen (secondary N) is 1. The second kappa shape index (κ2) is 7.14. The summed E-state index contributed by atoms with van der Waals surface area (Å²) in [6.07, 6.45) is 1.61. The third kappa shape index (κ3) is 3.44. The molecule has 1 aromatic heterocycles. The molecule has 3 N–H and O–H groups in total. The van der Waals surface area contributed by atoms with E-state index >= 15 is 0 Å². The van der Waals surface area contributed by atoms with E-state index in [1.165, 1.54) is 19.2 Å². The summed E-state index contributed by atoms with van der Waals surface area (Å²) in [5.41, 5.74) is 2.33. The lowest BCUT2D eigenvalue weighted by atomic mass is 10.0. The molecule has 1 heterocycles. The van der Waals surface area contributed by atoms with Crippen molar-refractivity contribution in [3.05, 3.63) is 65.4 Å². The average Bonchev–Trinajstić information content (AvgIpc) is 3.02. The van der Waals surface area contributed by atoms with Crippen molar-refractivity contribution in [2.75, 3.05) is 7.11 Å². The van der Waals surface area contributed by atoms with Gasteiger partial charge in [-0.2, -0.15) is 0 Å². The second-order valence-corrected chi connectivity index (χ2v) is 5.74. The number of aromatic carboxylic acids is 1. The van der Waals surface area contributed by atoms with Gasteiger partial charge in [-0.1, -0.05) is 30.3 Å². The Balaban J connectivity index is 2.20. The van der Waals surface area contributed by atoms with Crippen molar-refractivity contribution in [3.63, 3.8) is 0 Å². The van der Waals surface area contributed by atoms with Crippen LogP contribution in [0.5, 0.6) is 5.75 Å². The number of phenols is 1. The number of esters is 1. The summed E-state index contributed by atoms with van der Waals surface area (Å²) in [7, 11) is 1.28. The van der Waals surface area contributed by atoms with Crippen LogP contribution in [0.3, 0.4) is 0 Å². The fourth-order valence-electron chi connectivity index (χ4n) is 2.82. The molecule has 0 amide bonds. The van der Waals surface area contributed by atoms with E-state index < -0.39 is 11.9 Å². The van der Waals surface area contributed by atoms with Crippen LogP contribution in [-0.2, 0) is 9.53 Å². The van der Waals surface area contributed by atoms with Crippen LogP contribution in [0.1, 0.15) is 28.0 Å². The van der Waals surface area contributed by atoms with Crippen LogP contribution in [0.2, 0.25) is 0 Å². The number of hydrogen-bond acceptors (Lipinski definition) is 4. The first-order valence-electron chi connectivity index (χ1n) is 7.90. The van der Waals surface area contributed by atoms with Gasteiger partial charge in [-0.15, -0.1) is 0 Å². The zero-order valence-corrected chi connectivity index (χ0v) is 14.0. The quantitative estimate of drug-likeness (QED) is 0.609. The zero-order chi connectivity index (χ0) is 18.7. The van der Waals surface area contributed by atoms with Gasteiger partial charge in [0.25, 0.3) is 0 Å². The number of carbonyl (C=O) groups is 2. The number of aromatic nitrogens is 1. The molecule has 0 saturated carbocycles. The van der Waals surface area contributed by atoms with Crippen molar-refractivity contribution in [2.45, 2.75) is 6.42 Å². The summed E-state index contributed by atoms with van der Waals surface area (Å²) in [4.78, 5) is 26.8. The largest absolute Gasteiger partial charge is 0.508 e. The molecule has 6 heteroatoms. The van der Waals surface area contributed by atoms with E-state index in [0.29, 0.717) is 22.2 Å². The van der Waals surface area contributed by atoms with Crippen molar-refractivity contribution in [1.29, 1.82) is 0 Å². The lowest BCUT2D eigenvalue weighted by Crippen LogP contribution is -2.05. The van der Waals surface area contributed by atoms with Gasteiger partial charge in [0.2, 0.25) is 0 Å². The number of carboxylic acid groups (broad SMARTS) is 1. The summed E-state index contributed by atoms with van der Waals surface area (Å²) in [6.45, 7) is 0. The molecule has 0 fully saturated rings. The Morgan fingerprint density at radius 3 is 2.46 bits per heavy atom. The number of carboxylic acids is 1. The summed E-state index contributed by atoms with van der Waals surface area (Å²) in [6, 6.07) is 13.5. The van der Waals surface area contributed by atoms with Gasteiger partial charge in [0.15, 0.2) is 0 Å². The second-order valence-electron chi connectivity index (χ2n) is 5.74. The Kier molecular flexibility index (Phi) is 4.75. The number of rotatable bonds is 5. The molecule has 0 spiro atoms. The number of aromatic amines is 1. The third-order valence-electron chi connectivity index (χ3n) is 4.04. The highest BCUT2D eigenvalue weighted by molar-refractivity contribution is 6.09. The van der Waals surface area contributed by atoms with Crippen LogP contribution in [0.15, 0.2) is 48.5 Å². The first-order chi connectivity index (χ1) is 12.5. The number of methoxy groups -OCH3 is 1. The molecule has 0 unspecified atom stereocenters. The van der Waals surface area contributed by atoms with Gasteiger partial charge in [-0.25, -0.2) is 4.79 Å². The maximum Gasteiger partial charge on any atom is 0.338 e. The van der Waals surface area contributed by atoms with Crippen LogP contribution in [0.4, 0.5) is 0 Å². The number of hydrogen-bond donors (Lipinski definition) is 3. The Hall–Kier alpha value is -3.54. The molecule has 0 bridgehead atoms. The molecule has 0 radical (unpaired) electrons. The molecule has 0 aliphatic carbocycles.